The Bertz CT molecular complexity index is 691. The number of nitro benzene ring substituents is 1. The molecule has 1 aliphatic rings. The average molecular weight is 314 g/mol. The molecule has 1 aliphatic heterocycles. The summed E-state index contributed by atoms with van der Waals surface area (Å²) in [6.07, 6.45) is 5.54. The minimum Gasteiger partial charge on any atom is -0.339 e. The number of aromatic nitrogens is 2. The molecule has 1 aromatic carbocycles. The van der Waals surface area contributed by atoms with E-state index >= 15 is 0 Å². The van der Waals surface area contributed by atoms with E-state index in [0.717, 1.165) is 19.4 Å². The molecule has 1 amide bonds. The van der Waals surface area contributed by atoms with E-state index in [4.69, 9.17) is 0 Å². The molecule has 0 aliphatic carbocycles. The number of non-ortho nitro benzene ring substituents is 1. The maximum Gasteiger partial charge on any atom is 0.270 e. The van der Waals surface area contributed by atoms with Crippen LogP contribution < -0.4 is 0 Å². The van der Waals surface area contributed by atoms with E-state index in [0.29, 0.717) is 24.6 Å². The Morgan fingerprint density at radius 3 is 2.74 bits per heavy atom. The van der Waals surface area contributed by atoms with Gasteiger partial charge < -0.3 is 4.90 Å². The number of nitro groups is 1. The van der Waals surface area contributed by atoms with Crippen molar-refractivity contribution < 1.29 is 9.72 Å². The van der Waals surface area contributed by atoms with E-state index in [-0.39, 0.29) is 11.6 Å². The fourth-order valence-corrected chi connectivity index (χ4v) is 2.93. The van der Waals surface area contributed by atoms with Crippen LogP contribution in [0.5, 0.6) is 0 Å². The van der Waals surface area contributed by atoms with E-state index in [2.05, 4.69) is 5.10 Å². The Morgan fingerprint density at radius 2 is 2.09 bits per heavy atom. The minimum absolute atomic E-state index is 0.0515. The molecule has 7 nitrogen and oxygen atoms in total. The molecular weight excluding hydrogens is 296 g/mol. The molecule has 7 heteroatoms. The Balaban J connectivity index is 1.60. The second-order valence-corrected chi connectivity index (χ2v) is 5.77. The zero-order valence-electron chi connectivity index (χ0n) is 12.7. The van der Waals surface area contributed by atoms with Gasteiger partial charge in [-0.25, -0.2) is 0 Å². The molecule has 23 heavy (non-hydrogen) atoms. The number of carbonyl (C=O) groups excluding carboxylic acids is 1. The highest BCUT2D eigenvalue weighted by atomic mass is 16.6. The smallest absolute Gasteiger partial charge is 0.270 e. The van der Waals surface area contributed by atoms with Crippen LogP contribution in [0.15, 0.2) is 42.7 Å². The number of hydrogen-bond acceptors (Lipinski definition) is 4. The number of piperidine rings is 1. The minimum atomic E-state index is -0.479. The van der Waals surface area contributed by atoms with Crippen molar-refractivity contribution in [2.24, 2.45) is 5.92 Å². The van der Waals surface area contributed by atoms with Gasteiger partial charge in [0.05, 0.1) is 4.92 Å². The number of rotatable bonds is 4. The highest BCUT2D eigenvalue weighted by molar-refractivity contribution is 5.94. The molecular formula is C16H18N4O3. The van der Waals surface area contributed by atoms with Gasteiger partial charge in [-0.15, -0.1) is 0 Å². The number of benzene rings is 1. The third-order valence-electron chi connectivity index (χ3n) is 4.21. The van der Waals surface area contributed by atoms with Gasteiger partial charge in [0, 0.05) is 49.7 Å². The maximum atomic E-state index is 12.5. The fraction of sp³-hybridized carbons (Fsp3) is 0.375. The predicted molar refractivity (Wildman–Crippen MR) is 84.0 cm³/mol. The van der Waals surface area contributed by atoms with Crippen LogP contribution in [0.1, 0.15) is 23.2 Å². The van der Waals surface area contributed by atoms with Crippen LogP contribution in [-0.4, -0.2) is 38.6 Å². The molecule has 0 radical (unpaired) electrons. The van der Waals surface area contributed by atoms with Crippen LogP contribution >= 0.6 is 0 Å². The molecule has 0 N–H and O–H groups in total. The van der Waals surface area contributed by atoms with Crippen LogP contribution in [0, 0.1) is 16.0 Å². The van der Waals surface area contributed by atoms with Crippen molar-refractivity contribution in [1.29, 1.82) is 0 Å². The Kier molecular flexibility index (Phi) is 4.36. The van der Waals surface area contributed by atoms with Gasteiger partial charge in [-0.3, -0.25) is 19.6 Å². The van der Waals surface area contributed by atoms with Crippen LogP contribution in [-0.2, 0) is 6.54 Å². The van der Waals surface area contributed by atoms with Gasteiger partial charge in [0.15, 0.2) is 0 Å². The van der Waals surface area contributed by atoms with Crippen molar-refractivity contribution in [3.63, 3.8) is 0 Å². The standard InChI is InChI=1S/C16H18N4O3/c21-16(14-3-1-4-15(11-14)20(22)23)18-9-5-13(6-10-18)12-19-8-2-7-17-19/h1-4,7-8,11,13H,5-6,9-10,12H2. The summed E-state index contributed by atoms with van der Waals surface area (Å²) < 4.78 is 1.92. The monoisotopic (exact) mass is 314 g/mol. The molecule has 2 aromatic rings. The molecule has 1 saturated heterocycles. The predicted octanol–water partition coefficient (Wildman–Crippen LogP) is 2.34. The second-order valence-electron chi connectivity index (χ2n) is 5.77. The lowest BCUT2D eigenvalue weighted by molar-refractivity contribution is -0.384. The molecule has 1 aromatic heterocycles. The summed E-state index contributed by atoms with van der Waals surface area (Å²) in [5, 5.41) is 15.0. The first kappa shape index (κ1) is 15.2. The molecule has 2 heterocycles. The van der Waals surface area contributed by atoms with Gasteiger partial charge in [0.25, 0.3) is 11.6 Å². The number of carbonyl (C=O) groups is 1. The summed E-state index contributed by atoms with van der Waals surface area (Å²) in [4.78, 5) is 24.6. The summed E-state index contributed by atoms with van der Waals surface area (Å²) in [6, 6.07) is 7.83. The van der Waals surface area contributed by atoms with Crippen LogP contribution in [0.4, 0.5) is 5.69 Å². The van der Waals surface area contributed by atoms with Gasteiger partial charge in [-0.1, -0.05) is 6.07 Å². The van der Waals surface area contributed by atoms with E-state index in [1.807, 2.05) is 16.9 Å². The second kappa shape index (κ2) is 6.60. The number of likely N-dealkylation sites (tertiary alicyclic amines) is 1. The lowest BCUT2D eigenvalue weighted by Crippen LogP contribution is -2.39. The molecule has 0 bridgehead atoms. The van der Waals surface area contributed by atoms with Crippen molar-refractivity contribution in [2.45, 2.75) is 19.4 Å². The summed E-state index contributed by atoms with van der Waals surface area (Å²) >= 11 is 0. The first-order valence-electron chi connectivity index (χ1n) is 7.64. The zero-order chi connectivity index (χ0) is 16.2. The molecule has 0 unspecified atom stereocenters. The molecule has 0 atom stereocenters. The molecule has 0 spiro atoms. The third-order valence-corrected chi connectivity index (χ3v) is 4.21. The molecule has 3 rings (SSSR count). The summed E-state index contributed by atoms with van der Waals surface area (Å²) in [7, 11) is 0. The van der Waals surface area contributed by atoms with Crippen molar-refractivity contribution >= 4 is 11.6 Å². The van der Waals surface area contributed by atoms with Crippen molar-refractivity contribution in [2.75, 3.05) is 13.1 Å². The normalized spacial score (nSPS) is 15.6. The van der Waals surface area contributed by atoms with Crippen molar-refractivity contribution in [3.05, 3.63) is 58.4 Å². The number of hydrogen-bond donors (Lipinski definition) is 0. The topological polar surface area (TPSA) is 81.3 Å². The molecule has 0 saturated carbocycles. The lowest BCUT2D eigenvalue weighted by atomic mass is 9.96. The highest BCUT2D eigenvalue weighted by Gasteiger charge is 2.24. The van der Waals surface area contributed by atoms with Crippen LogP contribution in [0.3, 0.4) is 0 Å². The van der Waals surface area contributed by atoms with Gasteiger partial charge in [0.1, 0.15) is 0 Å². The molecule has 1 fully saturated rings. The quantitative estimate of drug-likeness (QED) is 0.641. The first-order valence-corrected chi connectivity index (χ1v) is 7.64. The van der Waals surface area contributed by atoms with E-state index in [1.54, 1.807) is 23.2 Å². The summed E-state index contributed by atoms with van der Waals surface area (Å²) in [6.45, 7) is 2.22. The van der Waals surface area contributed by atoms with Gasteiger partial charge in [0.2, 0.25) is 0 Å². The SMILES string of the molecule is O=C(c1cccc([N+](=O)[O-])c1)N1CCC(Cn2cccn2)CC1. The Morgan fingerprint density at radius 1 is 1.30 bits per heavy atom. The zero-order valence-corrected chi connectivity index (χ0v) is 12.7. The van der Waals surface area contributed by atoms with Gasteiger partial charge in [-0.05, 0) is 30.9 Å². The molecule has 120 valence electrons. The van der Waals surface area contributed by atoms with Crippen molar-refractivity contribution in [1.82, 2.24) is 14.7 Å². The lowest BCUT2D eigenvalue weighted by Gasteiger charge is -2.32. The Hall–Kier alpha value is -2.70. The maximum absolute atomic E-state index is 12.5. The van der Waals surface area contributed by atoms with E-state index in [1.165, 1.54) is 12.1 Å². The van der Waals surface area contributed by atoms with Gasteiger partial charge in [-0.2, -0.15) is 5.10 Å². The third kappa shape index (κ3) is 3.56. The summed E-state index contributed by atoms with van der Waals surface area (Å²) in [5.74, 6) is 0.371. The van der Waals surface area contributed by atoms with E-state index < -0.39 is 4.92 Å². The van der Waals surface area contributed by atoms with Crippen LogP contribution in [0.2, 0.25) is 0 Å². The van der Waals surface area contributed by atoms with Gasteiger partial charge >= 0.3 is 0 Å². The number of nitrogens with zero attached hydrogens (tertiary/aromatic N) is 4. The largest absolute Gasteiger partial charge is 0.339 e. The van der Waals surface area contributed by atoms with E-state index in [9.17, 15) is 14.9 Å². The first-order chi connectivity index (χ1) is 11.1. The average Bonchev–Trinajstić information content (AvgIpc) is 3.08. The Labute approximate surface area is 133 Å². The fourth-order valence-electron chi connectivity index (χ4n) is 2.93. The van der Waals surface area contributed by atoms with Crippen molar-refractivity contribution in [3.8, 4) is 0 Å². The van der Waals surface area contributed by atoms with Crippen LogP contribution in [0.25, 0.3) is 0 Å². The number of amides is 1. The summed E-state index contributed by atoms with van der Waals surface area (Å²) in [5.41, 5.74) is 0.328. The highest BCUT2D eigenvalue weighted by Crippen LogP contribution is 2.21.